The van der Waals surface area contributed by atoms with E-state index in [0.717, 1.165) is 17.5 Å². The molecule has 2 aromatic heterocycles. The second kappa shape index (κ2) is 5.05. The van der Waals surface area contributed by atoms with Crippen molar-refractivity contribution >= 4 is 11.2 Å². The van der Waals surface area contributed by atoms with Crippen molar-refractivity contribution in [1.82, 2.24) is 19.5 Å². The second-order valence-electron chi connectivity index (χ2n) is 5.06. The molecule has 0 aliphatic heterocycles. The van der Waals surface area contributed by atoms with E-state index in [1.54, 1.807) is 0 Å². The first-order valence-electron chi connectivity index (χ1n) is 6.90. The van der Waals surface area contributed by atoms with Gasteiger partial charge in [-0.25, -0.2) is 9.78 Å². The van der Waals surface area contributed by atoms with Crippen molar-refractivity contribution in [2.45, 2.75) is 26.8 Å². The number of imidazole rings is 1. The summed E-state index contributed by atoms with van der Waals surface area (Å²) in [6, 6.07) is 7.82. The van der Waals surface area contributed by atoms with Crippen LogP contribution in [0.25, 0.3) is 22.6 Å². The third-order valence-electron chi connectivity index (χ3n) is 3.37. The van der Waals surface area contributed by atoms with Crippen molar-refractivity contribution in [3.63, 3.8) is 0 Å². The number of aryl methyl sites for hydroxylation is 2. The number of hydrogen-bond acceptors (Lipinski definition) is 3. The molecule has 2 heterocycles. The van der Waals surface area contributed by atoms with Crippen LogP contribution < -0.4 is 11.2 Å². The molecule has 0 atom stereocenters. The molecule has 0 aliphatic rings. The van der Waals surface area contributed by atoms with Crippen molar-refractivity contribution in [2.75, 3.05) is 0 Å². The number of aromatic nitrogens is 4. The van der Waals surface area contributed by atoms with Gasteiger partial charge in [0.25, 0.3) is 5.56 Å². The fourth-order valence-electron chi connectivity index (χ4n) is 2.40. The maximum absolute atomic E-state index is 11.9. The smallest absolute Gasteiger partial charge is 0.330 e. The molecule has 0 spiro atoms. The summed E-state index contributed by atoms with van der Waals surface area (Å²) in [5, 5.41) is 0. The van der Waals surface area contributed by atoms with E-state index >= 15 is 0 Å². The molecule has 0 unspecified atom stereocenters. The van der Waals surface area contributed by atoms with Crippen LogP contribution in [0.5, 0.6) is 0 Å². The third-order valence-corrected chi connectivity index (χ3v) is 3.37. The molecule has 0 radical (unpaired) electrons. The Labute approximate surface area is 120 Å². The number of nitrogens with one attached hydrogen (secondary N) is 2. The van der Waals surface area contributed by atoms with Crippen LogP contribution in [0.4, 0.5) is 0 Å². The van der Waals surface area contributed by atoms with Gasteiger partial charge in [-0.3, -0.25) is 14.3 Å². The average molecular weight is 284 g/mol. The van der Waals surface area contributed by atoms with Gasteiger partial charge in [-0.1, -0.05) is 30.7 Å². The second-order valence-corrected chi connectivity index (χ2v) is 5.06. The highest BCUT2D eigenvalue weighted by molar-refractivity contribution is 5.75. The lowest BCUT2D eigenvalue weighted by atomic mass is 10.1. The molecule has 0 saturated carbocycles. The number of aromatic amines is 2. The maximum atomic E-state index is 11.9. The lowest BCUT2D eigenvalue weighted by molar-refractivity contribution is 0.653. The van der Waals surface area contributed by atoms with E-state index in [1.807, 2.05) is 38.1 Å². The first-order chi connectivity index (χ1) is 10.1. The van der Waals surface area contributed by atoms with Gasteiger partial charge >= 0.3 is 5.69 Å². The molecule has 2 N–H and O–H groups in total. The van der Waals surface area contributed by atoms with E-state index in [1.165, 1.54) is 4.57 Å². The lowest BCUT2D eigenvalue weighted by Crippen LogP contribution is -2.30. The van der Waals surface area contributed by atoms with Crippen LogP contribution in [-0.2, 0) is 6.54 Å². The average Bonchev–Trinajstić information content (AvgIpc) is 2.89. The van der Waals surface area contributed by atoms with Crippen molar-refractivity contribution < 1.29 is 0 Å². The van der Waals surface area contributed by atoms with Crippen LogP contribution in [-0.4, -0.2) is 19.5 Å². The van der Waals surface area contributed by atoms with E-state index in [2.05, 4.69) is 15.0 Å². The van der Waals surface area contributed by atoms with Crippen LogP contribution >= 0.6 is 0 Å². The zero-order chi connectivity index (χ0) is 15.0. The molecular formula is C15H16N4O2. The van der Waals surface area contributed by atoms with Gasteiger partial charge in [0.2, 0.25) is 0 Å². The highest BCUT2D eigenvalue weighted by Crippen LogP contribution is 2.19. The highest BCUT2D eigenvalue weighted by atomic mass is 16.2. The number of nitrogens with zero attached hydrogens (tertiary/aromatic N) is 2. The van der Waals surface area contributed by atoms with Crippen molar-refractivity contribution in [3.05, 3.63) is 50.7 Å². The minimum Gasteiger partial charge on any atom is -0.332 e. The minimum absolute atomic E-state index is 0.333. The summed E-state index contributed by atoms with van der Waals surface area (Å²) >= 11 is 0. The number of H-pyrrole nitrogens is 2. The van der Waals surface area contributed by atoms with Gasteiger partial charge in [-0.15, -0.1) is 0 Å². The molecular weight excluding hydrogens is 268 g/mol. The van der Waals surface area contributed by atoms with Crippen LogP contribution in [0.3, 0.4) is 0 Å². The van der Waals surface area contributed by atoms with Crippen LogP contribution in [0.1, 0.15) is 18.9 Å². The molecule has 0 bridgehead atoms. The predicted molar refractivity (Wildman–Crippen MR) is 81.4 cm³/mol. The Balaban J connectivity index is 2.29. The van der Waals surface area contributed by atoms with E-state index in [4.69, 9.17) is 0 Å². The van der Waals surface area contributed by atoms with E-state index in [0.29, 0.717) is 23.5 Å². The lowest BCUT2D eigenvalue weighted by Gasteiger charge is -2.02. The molecule has 3 aromatic rings. The number of benzene rings is 1. The standard InChI is InChI=1S/C15H16N4O2/c1-3-7-19-13-11(14(20)18-15(19)21)16-12(17-13)10-6-4-5-9(2)8-10/h4-6,8H,3,7H2,1-2H3,(H,16,17)(H,18,20,21). The summed E-state index contributed by atoms with van der Waals surface area (Å²) in [5.74, 6) is 0.592. The highest BCUT2D eigenvalue weighted by Gasteiger charge is 2.13. The Morgan fingerprint density at radius 2 is 2.05 bits per heavy atom. The molecule has 0 amide bonds. The fraction of sp³-hybridized carbons (Fsp3) is 0.267. The molecule has 3 rings (SSSR count). The largest absolute Gasteiger partial charge is 0.332 e. The van der Waals surface area contributed by atoms with Gasteiger partial charge in [-0.2, -0.15) is 0 Å². The quantitative estimate of drug-likeness (QED) is 0.769. The van der Waals surface area contributed by atoms with Crippen molar-refractivity contribution in [3.8, 4) is 11.4 Å². The number of fused-ring (bicyclic) bond motifs is 1. The molecule has 6 heteroatoms. The van der Waals surface area contributed by atoms with Crippen molar-refractivity contribution in [1.29, 1.82) is 0 Å². The van der Waals surface area contributed by atoms with Gasteiger partial charge in [0.1, 0.15) is 11.3 Å². The third kappa shape index (κ3) is 2.29. The number of rotatable bonds is 3. The Morgan fingerprint density at radius 1 is 1.24 bits per heavy atom. The summed E-state index contributed by atoms with van der Waals surface area (Å²) in [6.07, 6.45) is 0.785. The maximum Gasteiger partial charge on any atom is 0.330 e. The minimum atomic E-state index is -0.436. The van der Waals surface area contributed by atoms with Crippen LogP contribution in [0.15, 0.2) is 33.9 Å². The van der Waals surface area contributed by atoms with E-state index in [9.17, 15) is 9.59 Å². The first-order valence-corrected chi connectivity index (χ1v) is 6.90. The fourth-order valence-corrected chi connectivity index (χ4v) is 2.40. The molecule has 21 heavy (non-hydrogen) atoms. The van der Waals surface area contributed by atoms with E-state index in [-0.39, 0.29) is 0 Å². The van der Waals surface area contributed by atoms with Gasteiger partial charge in [0.05, 0.1) is 0 Å². The molecule has 0 saturated heterocycles. The molecule has 6 nitrogen and oxygen atoms in total. The number of hydrogen-bond donors (Lipinski definition) is 2. The SMILES string of the molecule is CCCn1c(=O)[nH]c(=O)c2[nH]c(-c3cccc(C)c3)nc21. The zero-order valence-electron chi connectivity index (χ0n) is 11.9. The summed E-state index contributed by atoms with van der Waals surface area (Å²) in [7, 11) is 0. The summed E-state index contributed by atoms with van der Waals surface area (Å²) < 4.78 is 1.49. The Morgan fingerprint density at radius 3 is 2.76 bits per heavy atom. The Hall–Kier alpha value is -2.63. The molecule has 108 valence electrons. The molecule has 1 aromatic carbocycles. The Kier molecular flexibility index (Phi) is 3.21. The van der Waals surface area contributed by atoms with Gasteiger partial charge in [-0.05, 0) is 19.4 Å². The first kappa shape index (κ1) is 13.4. The van der Waals surface area contributed by atoms with Crippen molar-refractivity contribution in [2.24, 2.45) is 0 Å². The summed E-state index contributed by atoms with van der Waals surface area (Å²) in [6.45, 7) is 4.48. The Bertz CT molecular complexity index is 917. The van der Waals surface area contributed by atoms with E-state index < -0.39 is 11.2 Å². The topological polar surface area (TPSA) is 83.5 Å². The van der Waals surface area contributed by atoms with Gasteiger partial charge < -0.3 is 4.98 Å². The monoisotopic (exact) mass is 284 g/mol. The van der Waals surface area contributed by atoms with Gasteiger partial charge in [0, 0.05) is 12.1 Å². The van der Waals surface area contributed by atoms with Gasteiger partial charge in [0.15, 0.2) is 5.65 Å². The zero-order valence-corrected chi connectivity index (χ0v) is 11.9. The predicted octanol–water partition coefficient (Wildman–Crippen LogP) is 1.80. The van der Waals surface area contributed by atoms with Crippen LogP contribution in [0.2, 0.25) is 0 Å². The molecule has 0 fully saturated rings. The summed E-state index contributed by atoms with van der Waals surface area (Å²) in [5.41, 5.74) is 1.88. The normalized spacial score (nSPS) is 11.1. The van der Waals surface area contributed by atoms with Crippen LogP contribution in [0, 0.1) is 6.92 Å². The molecule has 0 aliphatic carbocycles. The summed E-state index contributed by atoms with van der Waals surface area (Å²) in [4.78, 5) is 33.6.